The Balaban J connectivity index is 2.36. The molecule has 3 nitrogen and oxygen atoms in total. The number of esters is 2. The Morgan fingerprint density at radius 1 is 1.29 bits per heavy atom. The fourth-order valence-electron chi connectivity index (χ4n) is 1.47. The Kier molecular flexibility index (Phi) is 2.25. The summed E-state index contributed by atoms with van der Waals surface area (Å²) in [6.07, 6.45) is 0.0859. The molecule has 0 aliphatic carbocycles. The van der Waals surface area contributed by atoms with Gasteiger partial charge in [0.1, 0.15) is 0 Å². The number of hydrogen-bond acceptors (Lipinski definition) is 3. The highest BCUT2D eigenvalue weighted by atomic mass is 35.5. The minimum Gasteiger partial charge on any atom is -0.393 e. The van der Waals surface area contributed by atoms with Crippen molar-refractivity contribution in [2.75, 3.05) is 0 Å². The molecular formula is C10H7ClO3. The van der Waals surface area contributed by atoms with Crippen LogP contribution in [0.3, 0.4) is 0 Å². The lowest BCUT2D eigenvalue weighted by atomic mass is 9.98. The largest absolute Gasteiger partial charge is 0.393 e. The molecule has 1 saturated heterocycles. The van der Waals surface area contributed by atoms with Crippen LogP contribution in [-0.4, -0.2) is 11.9 Å². The first kappa shape index (κ1) is 9.21. The molecule has 1 aromatic rings. The van der Waals surface area contributed by atoms with E-state index in [0.717, 1.165) is 0 Å². The Hall–Kier alpha value is -1.35. The monoisotopic (exact) mass is 210 g/mol. The first-order valence-electron chi connectivity index (χ1n) is 4.17. The van der Waals surface area contributed by atoms with Crippen molar-refractivity contribution in [1.82, 2.24) is 0 Å². The highest BCUT2D eigenvalue weighted by Gasteiger charge is 2.35. The number of benzene rings is 1. The van der Waals surface area contributed by atoms with Crippen LogP contribution in [0.25, 0.3) is 0 Å². The van der Waals surface area contributed by atoms with Crippen LogP contribution in [0.5, 0.6) is 0 Å². The zero-order valence-corrected chi connectivity index (χ0v) is 7.95. The summed E-state index contributed by atoms with van der Waals surface area (Å²) in [5.41, 5.74) is 0.657. The fourth-order valence-corrected chi connectivity index (χ4v) is 1.74. The Morgan fingerprint density at radius 2 is 2.00 bits per heavy atom. The number of cyclic esters (lactones) is 2. The van der Waals surface area contributed by atoms with Gasteiger partial charge in [0.05, 0.1) is 12.3 Å². The van der Waals surface area contributed by atoms with Gasteiger partial charge in [-0.15, -0.1) is 0 Å². The van der Waals surface area contributed by atoms with Crippen LogP contribution >= 0.6 is 11.6 Å². The average molecular weight is 211 g/mol. The number of carbonyl (C=O) groups is 2. The highest BCUT2D eigenvalue weighted by molar-refractivity contribution is 6.31. The number of carbonyl (C=O) groups excluding carboxylic acids is 2. The lowest BCUT2D eigenvalue weighted by molar-refractivity contribution is -0.152. The maximum absolute atomic E-state index is 11.2. The Bertz CT molecular complexity index is 400. The van der Waals surface area contributed by atoms with Crippen molar-refractivity contribution in [2.24, 2.45) is 0 Å². The van der Waals surface area contributed by atoms with Crippen LogP contribution in [0.1, 0.15) is 17.9 Å². The van der Waals surface area contributed by atoms with Gasteiger partial charge in [0.2, 0.25) is 0 Å². The molecule has 2 rings (SSSR count). The Morgan fingerprint density at radius 3 is 2.57 bits per heavy atom. The van der Waals surface area contributed by atoms with Gasteiger partial charge < -0.3 is 4.74 Å². The molecule has 1 aliphatic heterocycles. The first-order chi connectivity index (χ1) is 6.68. The summed E-state index contributed by atoms with van der Waals surface area (Å²) in [5.74, 6) is -1.53. The van der Waals surface area contributed by atoms with E-state index in [1.165, 1.54) is 0 Å². The molecule has 0 amide bonds. The number of ether oxygens (including phenoxy) is 1. The van der Waals surface area contributed by atoms with Crippen molar-refractivity contribution in [3.05, 3.63) is 34.9 Å². The molecule has 1 aliphatic rings. The molecule has 0 unspecified atom stereocenters. The second-order valence-electron chi connectivity index (χ2n) is 3.07. The van der Waals surface area contributed by atoms with Crippen LogP contribution in [-0.2, 0) is 14.3 Å². The molecule has 0 radical (unpaired) electrons. The zero-order valence-electron chi connectivity index (χ0n) is 7.20. The summed E-state index contributed by atoms with van der Waals surface area (Å²) in [6.45, 7) is 0. The third-order valence-electron chi connectivity index (χ3n) is 2.15. The predicted molar refractivity (Wildman–Crippen MR) is 49.9 cm³/mol. The van der Waals surface area contributed by atoms with Crippen LogP contribution in [0.4, 0.5) is 0 Å². The molecule has 1 fully saturated rings. The van der Waals surface area contributed by atoms with E-state index in [-0.39, 0.29) is 6.42 Å². The van der Waals surface area contributed by atoms with E-state index in [0.29, 0.717) is 10.6 Å². The average Bonchev–Trinajstić information content (AvgIpc) is 2.46. The minimum absolute atomic E-state index is 0.0859. The molecule has 1 aromatic carbocycles. The van der Waals surface area contributed by atoms with Crippen molar-refractivity contribution in [2.45, 2.75) is 12.3 Å². The molecule has 14 heavy (non-hydrogen) atoms. The van der Waals surface area contributed by atoms with Crippen LogP contribution in [0.2, 0.25) is 5.02 Å². The topological polar surface area (TPSA) is 43.4 Å². The number of rotatable bonds is 1. The second kappa shape index (κ2) is 3.42. The van der Waals surface area contributed by atoms with Gasteiger partial charge >= 0.3 is 11.9 Å². The number of hydrogen-bond donors (Lipinski definition) is 0. The van der Waals surface area contributed by atoms with Crippen molar-refractivity contribution < 1.29 is 14.3 Å². The third-order valence-corrected chi connectivity index (χ3v) is 2.49. The molecule has 4 heteroatoms. The van der Waals surface area contributed by atoms with Crippen LogP contribution < -0.4 is 0 Å². The van der Waals surface area contributed by atoms with Crippen molar-refractivity contribution >= 4 is 23.5 Å². The number of halogens is 1. The van der Waals surface area contributed by atoms with E-state index in [4.69, 9.17) is 11.6 Å². The standard InChI is InChI=1S/C10H7ClO3/c11-8-4-2-1-3-6(8)7-5-9(12)14-10(7)13/h1-4,7H,5H2/t7-/m0/s1. The zero-order chi connectivity index (χ0) is 10.1. The van der Waals surface area contributed by atoms with Gasteiger partial charge in [-0.2, -0.15) is 0 Å². The second-order valence-corrected chi connectivity index (χ2v) is 3.48. The molecule has 1 atom stereocenters. The van der Waals surface area contributed by atoms with E-state index in [9.17, 15) is 9.59 Å². The van der Waals surface area contributed by atoms with Gasteiger partial charge in [-0.1, -0.05) is 29.8 Å². The minimum atomic E-state index is -0.531. The predicted octanol–water partition coefficient (Wildman–Crippen LogP) is 1.90. The Labute approximate surface area is 85.6 Å². The quantitative estimate of drug-likeness (QED) is 0.525. The molecule has 72 valence electrons. The van der Waals surface area contributed by atoms with E-state index in [1.807, 2.05) is 0 Å². The van der Waals surface area contributed by atoms with Crippen molar-refractivity contribution in [1.29, 1.82) is 0 Å². The third kappa shape index (κ3) is 1.51. The SMILES string of the molecule is O=C1C[C@@H](c2ccccc2Cl)C(=O)O1. The fraction of sp³-hybridized carbons (Fsp3) is 0.200. The van der Waals surface area contributed by atoms with Gasteiger partial charge in [0, 0.05) is 5.02 Å². The summed E-state index contributed by atoms with van der Waals surface area (Å²) in [7, 11) is 0. The van der Waals surface area contributed by atoms with Gasteiger partial charge in [-0.3, -0.25) is 9.59 Å². The molecular weight excluding hydrogens is 204 g/mol. The maximum atomic E-state index is 11.2. The highest BCUT2D eigenvalue weighted by Crippen LogP contribution is 2.31. The van der Waals surface area contributed by atoms with Gasteiger partial charge in [0.25, 0.3) is 0 Å². The van der Waals surface area contributed by atoms with Crippen molar-refractivity contribution in [3.63, 3.8) is 0 Å². The summed E-state index contributed by atoms with van der Waals surface area (Å²) in [5, 5.41) is 0.490. The summed E-state index contributed by atoms with van der Waals surface area (Å²) >= 11 is 5.90. The molecule has 1 heterocycles. The summed E-state index contributed by atoms with van der Waals surface area (Å²) < 4.78 is 4.45. The van der Waals surface area contributed by atoms with E-state index >= 15 is 0 Å². The van der Waals surface area contributed by atoms with Crippen LogP contribution in [0.15, 0.2) is 24.3 Å². The summed E-state index contributed by atoms with van der Waals surface area (Å²) in [6, 6.07) is 6.96. The van der Waals surface area contributed by atoms with Gasteiger partial charge in [-0.25, -0.2) is 0 Å². The molecule has 0 aromatic heterocycles. The molecule has 0 N–H and O–H groups in total. The normalized spacial score (nSPS) is 21.1. The maximum Gasteiger partial charge on any atom is 0.321 e. The lowest BCUT2D eigenvalue weighted by Crippen LogP contribution is -2.05. The molecule has 0 spiro atoms. The summed E-state index contributed by atoms with van der Waals surface area (Å²) in [4.78, 5) is 22.1. The molecule has 0 saturated carbocycles. The van der Waals surface area contributed by atoms with Gasteiger partial charge in [-0.05, 0) is 11.6 Å². The smallest absolute Gasteiger partial charge is 0.321 e. The van der Waals surface area contributed by atoms with Crippen molar-refractivity contribution in [3.8, 4) is 0 Å². The van der Waals surface area contributed by atoms with E-state index < -0.39 is 17.9 Å². The van der Waals surface area contributed by atoms with E-state index in [2.05, 4.69) is 4.74 Å². The lowest BCUT2D eigenvalue weighted by Gasteiger charge is -2.06. The van der Waals surface area contributed by atoms with E-state index in [1.54, 1.807) is 24.3 Å². The van der Waals surface area contributed by atoms with Gasteiger partial charge in [0.15, 0.2) is 0 Å². The first-order valence-corrected chi connectivity index (χ1v) is 4.55. The molecule has 0 bridgehead atoms. The van der Waals surface area contributed by atoms with Crippen LogP contribution in [0, 0.1) is 0 Å².